The van der Waals surface area contributed by atoms with E-state index in [-0.39, 0.29) is 0 Å². The van der Waals surface area contributed by atoms with Gasteiger partial charge in [0, 0.05) is 0 Å². The molecule has 1 aromatic carbocycles. The first kappa shape index (κ1) is 9.85. The molecule has 1 aromatic rings. The van der Waals surface area contributed by atoms with Crippen molar-refractivity contribution >= 4 is 14.5 Å². The fraction of sp³-hybridized carbons (Fsp3) is 0.571. The molecule has 1 heteroatoms. The van der Waals surface area contributed by atoms with Gasteiger partial charge in [-0.3, -0.25) is 0 Å². The highest BCUT2D eigenvalue weighted by atomic mass is 31.0. The maximum Gasteiger partial charge on any atom is -0.0153 e. The molecule has 0 heterocycles. The smallest absolute Gasteiger partial charge is 0.0153 e. The molecule has 0 amide bonds. The molecule has 0 aliphatic heterocycles. The van der Waals surface area contributed by atoms with Crippen LogP contribution in [-0.4, -0.2) is 0 Å². The maximum absolute atomic E-state index is 2.94. The molecule has 1 unspecified atom stereocenters. The Kier molecular flexibility index (Phi) is 2.56. The van der Waals surface area contributed by atoms with Crippen LogP contribution in [0.5, 0.6) is 0 Å². The van der Waals surface area contributed by atoms with Crippen molar-refractivity contribution in [1.82, 2.24) is 0 Å². The zero-order valence-electron chi connectivity index (χ0n) is 9.21. The summed E-state index contributed by atoms with van der Waals surface area (Å²) in [6, 6.07) is 6.88. The number of hydrogen-bond acceptors (Lipinski definition) is 0. The average molecular weight is 218 g/mol. The van der Waals surface area contributed by atoms with E-state index in [4.69, 9.17) is 0 Å². The lowest BCUT2D eigenvalue weighted by Crippen LogP contribution is -2.21. The quantitative estimate of drug-likeness (QED) is 0.664. The van der Waals surface area contributed by atoms with Gasteiger partial charge in [-0.15, -0.1) is 9.24 Å². The molecule has 3 rings (SSSR count). The van der Waals surface area contributed by atoms with E-state index in [9.17, 15) is 0 Å². The summed E-state index contributed by atoms with van der Waals surface area (Å²) in [6.45, 7) is 0. The van der Waals surface area contributed by atoms with E-state index < -0.39 is 0 Å². The van der Waals surface area contributed by atoms with Crippen molar-refractivity contribution in [1.29, 1.82) is 0 Å². The Balaban J connectivity index is 1.99. The van der Waals surface area contributed by atoms with Crippen LogP contribution < -0.4 is 5.30 Å². The Morgan fingerprint density at radius 1 is 0.933 bits per heavy atom. The van der Waals surface area contributed by atoms with Crippen molar-refractivity contribution in [2.45, 2.75) is 50.4 Å². The summed E-state index contributed by atoms with van der Waals surface area (Å²) in [7, 11) is 2.94. The van der Waals surface area contributed by atoms with Crippen molar-refractivity contribution in [3.63, 3.8) is 0 Å². The first-order chi connectivity index (χ1) is 7.36. The third kappa shape index (κ3) is 1.64. The number of benzene rings is 1. The van der Waals surface area contributed by atoms with Gasteiger partial charge in [-0.25, -0.2) is 0 Å². The highest BCUT2D eigenvalue weighted by Crippen LogP contribution is 2.44. The molecule has 0 saturated heterocycles. The SMILES string of the molecule is Pc1cccc(C2CCC2)c1C1CCC1. The summed E-state index contributed by atoms with van der Waals surface area (Å²) in [6.07, 6.45) is 8.57. The first-order valence-electron chi connectivity index (χ1n) is 6.24. The van der Waals surface area contributed by atoms with Gasteiger partial charge < -0.3 is 0 Å². The van der Waals surface area contributed by atoms with Crippen molar-refractivity contribution < 1.29 is 0 Å². The Labute approximate surface area is 94.7 Å². The van der Waals surface area contributed by atoms with Crippen LogP contribution in [-0.2, 0) is 0 Å². The molecule has 15 heavy (non-hydrogen) atoms. The molecular formula is C14H19P. The summed E-state index contributed by atoms with van der Waals surface area (Å²) in [5.41, 5.74) is 3.37. The van der Waals surface area contributed by atoms with Crippen molar-refractivity contribution in [2.75, 3.05) is 0 Å². The predicted octanol–water partition coefficient (Wildman–Crippen LogP) is 3.72. The number of rotatable bonds is 2. The molecule has 0 radical (unpaired) electrons. The van der Waals surface area contributed by atoms with E-state index in [0.29, 0.717) is 0 Å². The van der Waals surface area contributed by atoms with E-state index in [2.05, 4.69) is 27.4 Å². The third-order valence-electron chi connectivity index (χ3n) is 4.23. The van der Waals surface area contributed by atoms with E-state index in [0.717, 1.165) is 11.8 Å². The van der Waals surface area contributed by atoms with Crippen LogP contribution in [0, 0.1) is 0 Å². The highest BCUT2D eigenvalue weighted by Gasteiger charge is 2.28. The molecular weight excluding hydrogens is 199 g/mol. The molecule has 2 aliphatic carbocycles. The van der Waals surface area contributed by atoms with Gasteiger partial charge in [-0.2, -0.15) is 0 Å². The van der Waals surface area contributed by atoms with Gasteiger partial charge >= 0.3 is 0 Å². The van der Waals surface area contributed by atoms with Crippen LogP contribution in [0.25, 0.3) is 0 Å². The second-order valence-corrected chi connectivity index (χ2v) is 5.73. The van der Waals surface area contributed by atoms with Crippen LogP contribution in [0.2, 0.25) is 0 Å². The zero-order chi connectivity index (χ0) is 10.3. The standard InChI is InChI=1S/C14H19P/c15-13-9-3-8-12(10-4-1-5-10)14(13)11-6-2-7-11/h3,8-11H,1-2,4-7,15H2. The second kappa shape index (κ2) is 3.91. The summed E-state index contributed by atoms with van der Waals surface area (Å²) in [4.78, 5) is 0. The van der Waals surface area contributed by atoms with Gasteiger partial charge in [0.2, 0.25) is 0 Å². The fourth-order valence-electron chi connectivity index (χ4n) is 2.85. The van der Waals surface area contributed by atoms with E-state index >= 15 is 0 Å². The summed E-state index contributed by atoms with van der Waals surface area (Å²) in [5.74, 6) is 1.77. The topological polar surface area (TPSA) is 0 Å². The van der Waals surface area contributed by atoms with Gasteiger partial charge in [-0.1, -0.05) is 31.0 Å². The van der Waals surface area contributed by atoms with Gasteiger partial charge in [0.25, 0.3) is 0 Å². The lowest BCUT2D eigenvalue weighted by molar-refractivity contribution is 0.390. The van der Waals surface area contributed by atoms with Gasteiger partial charge in [-0.05, 0) is 54.0 Å². The minimum absolute atomic E-state index is 0.884. The average Bonchev–Trinajstić information content (AvgIpc) is 2.04. The van der Waals surface area contributed by atoms with Crippen LogP contribution >= 0.6 is 9.24 Å². The maximum atomic E-state index is 2.94. The normalized spacial score (nSPS) is 22.2. The summed E-state index contributed by atoms with van der Waals surface area (Å²) < 4.78 is 0. The molecule has 0 bridgehead atoms. The zero-order valence-corrected chi connectivity index (χ0v) is 10.4. The van der Waals surface area contributed by atoms with Crippen LogP contribution in [0.1, 0.15) is 61.5 Å². The summed E-state index contributed by atoms with van der Waals surface area (Å²) >= 11 is 0. The lowest BCUT2D eigenvalue weighted by Gasteiger charge is -2.34. The minimum Gasteiger partial charge on any atom is -0.105 e. The van der Waals surface area contributed by atoms with Crippen molar-refractivity contribution in [3.05, 3.63) is 29.3 Å². The molecule has 1 atom stereocenters. The molecule has 0 spiro atoms. The molecule has 80 valence electrons. The van der Waals surface area contributed by atoms with Crippen LogP contribution in [0.3, 0.4) is 0 Å². The van der Waals surface area contributed by atoms with E-state index in [1.165, 1.54) is 43.8 Å². The Hall–Kier alpha value is -0.350. The third-order valence-corrected chi connectivity index (χ3v) is 4.74. The van der Waals surface area contributed by atoms with Crippen LogP contribution in [0.4, 0.5) is 0 Å². The molecule has 0 nitrogen and oxygen atoms in total. The predicted molar refractivity (Wildman–Crippen MR) is 69.0 cm³/mol. The molecule has 2 fully saturated rings. The largest absolute Gasteiger partial charge is 0.105 e. The minimum atomic E-state index is 0.884. The van der Waals surface area contributed by atoms with Crippen LogP contribution in [0.15, 0.2) is 18.2 Å². The Morgan fingerprint density at radius 3 is 2.13 bits per heavy atom. The van der Waals surface area contributed by atoms with Gasteiger partial charge in [0.1, 0.15) is 0 Å². The Morgan fingerprint density at radius 2 is 1.60 bits per heavy atom. The lowest BCUT2D eigenvalue weighted by atomic mass is 9.71. The molecule has 0 aromatic heterocycles. The fourth-order valence-corrected chi connectivity index (χ4v) is 3.36. The monoisotopic (exact) mass is 218 g/mol. The molecule has 0 N–H and O–H groups in total. The van der Waals surface area contributed by atoms with Gasteiger partial charge in [0.05, 0.1) is 0 Å². The molecule has 2 aliphatic rings. The van der Waals surface area contributed by atoms with Gasteiger partial charge in [0.15, 0.2) is 0 Å². The first-order valence-corrected chi connectivity index (χ1v) is 6.82. The van der Waals surface area contributed by atoms with Crippen molar-refractivity contribution in [3.8, 4) is 0 Å². The summed E-state index contributed by atoms with van der Waals surface area (Å²) in [5, 5.41) is 1.46. The highest BCUT2D eigenvalue weighted by molar-refractivity contribution is 7.27. The second-order valence-electron chi connectivity index (χ2n) is 5.11. The molecule has 2 saturated carbocycles. The van der Waals surface area contributed by atoms with E-state index in [1.54, 1.807) is 11.1 Å². The van der Waals surface area contributed by atoms with E-state index in [1.807, 2.05) is 0 Å². The number of hydrogen-bond donors (Lipinski definition) is 0. The van der Waals surface area contributed by atoms with Crippen molar-refractivity contribution in [2.24, 2.45) is 0 Å². The Bertz CT molecular complexity index is 362.